The summed E-state index contributed by atoms with van der Waals surface area (Å²) in [6, 6.07) is 10.7. The van der Waals surface area contributed by atoms with Crippen LogP contribution < -0.4 is 0 Å². The van der Waals surface area contributed by atoms with Crippen LogP contribution in [-0.2, 0) is 24.8 Å². The zero-order chi connectivity index (χ0) is 22.1. The summed E-state index contributed by atoms with van der Waals surface area (Å²) >= 11 is 1.13. The molecule has 0 fully saturated rings. The summed E-state index contributed by atoms with van der Waals surface area (Å²) in [6.07, 6.45) is -3.06. The Balaban J connectivity index is 2.01. The van der Waals surface area contributed by atoms with E-state index in [1.165, 1.54) is 0 Å². The molecule has 156 valence electrons. The Kier molecular flexibility index (Phi) is 6.15. The lowest BCUT2D eigenvalue weighted by Crippen LogP contribution is -2.30. The van der Waals surface area contributed by atoms with Gasteiger partial charge in [0.25, 0.3) is 0 Å². The number of pyridine rings is 1. The number of thioether (sulfide) groups is 1. The highest BCUT2D eigenvalue weighted by Gasteiger charge is 2.42. The number of nitriles is 2. The number of rotatable bonds is 3. The molecule has 1 aliphatic carbocycles. The van der Waals surface area contributed by atoms with Crippen molar-refractivity contribution in [3.63, 3.8) is 0 Å². The van der Waals surface area contributed by atoms with Gasteiger partial charge in [-0.15, -0.1) is 11.8 Å². The van der Waals surface area contributed by atoms with Gasteiger partial charge in [0.15, 0.2) is 0 Å². The minimum atomic E-state index is -4.61. The molecule has 1 aliphatic rings. The molecule has 0 N–H and O–H groups in total. The van der Waals surface area contributed by atoms with Crippen LogP contribution in [0, 0.1) is 34.0 Å². The minimum Gasteiger partial charge on any atom is -0.245 e. The largest absolute Gasteiger partial charge is 0.418 e. The number of aryl methyl sites for hydroxylation is 1. The van der Waals surface area contributed by atoms with Gasteiger partial charge in [-0.1, -0.05) is 32.9 Å². The zero-order valence-electron chi connectivity index (χ0n) is 17.1. The van der Waals surface area contributed by atoms with Crippen molar-refractivity contribution in [1.29, 1.82) is 10.5 Å². The first-order chi connectivity index (χ1) is 14.0. The van der Waals surface area contributed by atoms with Crippen LogP contribution in [-0.4, -0.2) is 4.98 Å². The predicted molar refractivity (Wildman–Crippen MR) is 110 cm³/mol. The fraction of sp³-hybridized carbons (Fsp3) is 0.435. The fourth-order valence-corrected chi connectivity index (χ4v) is 4.78. The summed E-state index contributed by atoms with van der Waals surface area (Å²) in [5.74, 6) is 0.477. The Hall–Kier alpha value is -2.51. The van der Waals surface area contributed by atoms with Gasteiger partial charge in [-0.3, -0.25) is 0 Å². The van der Waals surface area contributed by atoms with Crippen LogP contribution in [0.25, 0.3) is 0 Å². The third-order valence-corrected chi connectivity index (χ3v) is 6.66. The molecule has 3 nitrogen and oxygen atoms in total. The molecule has 0 aliphatic heterocycles. The topological polar surface area (TPSA) is 60.5 Å². The lowest BCUT2D eigenvalue weighted by Gasteiger charge is -2.36. The van der Waals surface area contributed by atoms with Gasteiger partial charge in [0.1, 0.15) is 11.1 Å². The van der Waals surface area contributed by atoms with Crippen molar-refractivity contribution >= 4 is 11.8 Å². The summed E-state index contributed by atoms with van der Waals surface area (Å²) < 4.78 is 42.2. The first-order valence-electron chi connectivity index (χ1n) is 9.69. The highest BCUT2D eigenvalue weighted by atomic mass is 32.2. The SMILES string of the molecule is CC(C)(C)C1CCc2nc(SCc3ccc(C#N)cc3)c(C#N)c(C(F)(F)F)c2C1. The maximum Gasteiger partial charge on any atom is 0.418 e. The molecule has 3 rings (SSSR count). The average Bonchev–Trinajstić information content (AvgIpc) is 2.69. The van der Waals surface area contributed by atoms with Crippen LogP contribution in [0.3, 0.4) is 0 Å². The van der Waals surface area contributed by atoms with Gasteiger partial charge in [-0.05, 0) is 53.9 Å². The molecule has 0 spiro atoms. The standard InChI is InChI=1S/C23H22F3N3S/c1-22(2,3)16-8-9-19-17(10-16)20(23(24,25)26)18(12-28)21(29-19)30-13-15-6-4-14(11-27)5-7-15/h4-7,16H,8-10,13H2,1-3H3. The van der Waals surface area contributed by atoms with E-state index < -0.39 is 11.7 Å². The highest BCUT2D eigenvalue weighted by Crippen LogP contribution is 2.45. The van der Waals surface area contributed by atoms with Crippen molar-refractivity contribution in [3.05, 3.63) is 57.8 Å². The first kappa shape index (κ1) is 22.2. The molecule has 0 amide bonds. The van der Waals surface area contributed by atoms with Gasteiger partial charge in [0.05, 0.1) is 22.8 Å². The second kappa shape index (κ2) is 8.32. The van der Waals surface area contributed by atoms with Crippen molar-refractivity contribution in [2.24, 2.45) is 11.3 Å². The number of alkyl halides is 3. The lowest BCUT2D eigenvalue weighted by atomic mass is 9.70. The van der Waals surface area contributed by atoms with Crippen LogP contribution in [0.2, 0.25) is 0 Å². The minimum absolute atomic E-state index is 0.108. The summed E-state index contributed by atoms with van der Waals surface area (Å²) in [5, 5.41) is 18.6. The molecule has 1 aromatic heterocycles. The van der Waals surface area contributed by atoms with Gasteiger partial charge in [-0.2, -0.15) is 23.7 Å². The van der Waals surface area contributed by atoms with E-state index in [2.05, 4.69) is 4.98 Å². The summed E-state index contributed by atoms with van der Waals surface area (Å²) in [4.78, 5) is 4.51. The van der Waals surface area contributed by atoms with E-state index in [4.69, 9.17) is 5.26 Å². The number of halogens is 3. The van der Waals surface area contributed by atoms with E-state index in [-0.39, 0.29) is 33.9 Å². The Morgan fingerprint density at radius 2 is 1.77 bits per heavy atom. The Bertz CT molecular complexity index is 1020. The highest BCUT2D eigenvalue weighted by molar-refractivity contribution is 7.98. The quantitative estimate of drug-likeness (QED) is 0.538. The van der Waals surface area contributed by atoms with Crippen LogP contribution in [0.1, 0.15) is 60.7 Å². The van der Waals surface area contributed by atoms with Crippen LogP contribution in [0.5, 0.6) is 0 Å². The van der Waals surface area contributed by atoms with Crippen LogP contribution >= 0.6 is 11.8 Å². The predicted octanol–water partition coefficient (Wildman–Crippen LogP) is 6.29. The van der Waals surface area contributed by atoms with Gasteiger partial charge < -0.3 is 0 Å². The smallest absolute Gasteiger partial charge is 0.245 e. The first-order valence-corrected chi connectivity index (χ1v) is 10.7. The maximum absolute atomic E-state index is 14.1. The van der Waals surface area contributed by atoms with E-state index in [0.717, 1.165) is 23.7 Å². The molecule has 2 aromatic rings. The zero-order valence-corrected chi connectivity index (χ0v) is 17.9. The molecular formula is C23H22F3N3S. The molecule has 0 radical (unpaired) electrons. The number of hydrogen-bond donors (Lipinski definition) is 0. The molecule has 7 heteroatoms. The molecular weight excluding hydrogens is 407 g/mol. The average molecular weight is 430 g/mol. The van der Waals surface area contributed by atoms with E-state index >= 15 is 0 Å². The molecule has 30 heavy (non-hydrogen) atoms. The molecule has 1 atom stereocenters. The van der Waals surface area contributed by atoms with Crippen LogP contribution in [0.4, 0.5) is 13.2 Å². The molecule has 0 saturated heterocycles. The number of nitrogens with zero attached hydrogens (tertiary/aromatic N) is 3. The summed E-state index contributed by atoms with van der Waals surface area (Å²) in [6.45, 7) is 6.11. The second-order valence-electron chi connectivity index (χ2n) is 8.60. The Morgan fingerprint density at radius 3 is 2.30 bits per heavy atom. The third-order valence-electron chi connectivity index (χ3n) is 5.61. The normalized spacial score (nSPS) is 16.5. The number of aromatic nitrogens is 1. The third kappa shape index (κ3) is 4.63. The van der Waals surface area contributed by atoms with Crippen LogP contribution in [0.15, 0.2) is 29.3 Å². The maximum atomic E-state index is 14.1. The van der Waals surface area contributed by atoms with Gasteiger partial charge in [0, 0.05) is 11.4 Å². The molecule has 1 heterocycles. The van der Waals surface area contributed by atoms with E-state index in [0.29, 0.717) is 23.4 Å². The van der Waals surface area contributed by atoms with E-state index in [1.807, 2.05) is 26.8 Å². The van der Waals surface area contributed by atoms with Gasteiger partial charge in [0.2, 0.25) is 0 Å². The Labute approximate surface area is 178 Å². The Morgan fingerprint density at radius 1 is 1.10 bits per heavy atom. The van der Waals surface area contributed by atoms with Crippen molar-refractivity contribution in [2.75, 3.05) is 0 Å². The van der Waals surface area contributed by atoms with E-state index in [9.17, 15) is 18.4 Å². The molecule has 1 aromatic carbocycles. The number of hydrogen-bond acceptors (Lipinski definition) is 4. The number of benzene rings is 1. The van der Waals surface area contributed by atoms with Gasteiger partial charge in [-0.25, -0.2) is 4.98 Å². The van der Waals surface area contributed by atoms with Gasteiger partial charge >= 0.3 is 6.18 Å². The number of fused-ring (bicyclic) bond motifs is 1. The summed E-state index contributed by atoms with van der Waals surface area (Å²) in [5.41, 5.74) is 0.707. The van der Waals surface area contributed by atoms with Crippen molar-refractivity contribution in [1.82, 2.24) is 4.98 Å². The van der Waals surface area contributed by atoms with Crippen molar-refractivity contribution in [3.8, 4) is 12.1 Å². The summed E-state index contributed by atoms with van der Waals surface area (Å²) in [7, 11) is 0. The molecule has 0 saturated carbocycles. The molecule has 0 bridgehead atoms. The molecule has 1 unspecified atom stereocenters. The van der Waals surface area contributed by atoms with E-state index in [1.54, 1.807) is 30.3 Å². The van der Waals surface area contributed by atoms with Crippen molar-refractivity contribution in [2.45, 2.75) is 57.0 Å². The fourth-order valence-electron chi connectivity index (χ4n) is 3.82. The monoisotopic (exact) mass is 429 g/mol. The lowest BCUT2D eigenvalue weighted by molar-refractivity contribution is -0.139. The second-order valence-corrected chi connectivity index (χ2v) is 9.57. The van der Waals surface area contributed by atoms with Crippen molar-refractivity contribution < 1.29 is 13.2 Å².